The third kappa shape index (κ3) is 12.0. The van der Waals surface area contributed by atoms with Crippen molar-refractivity contribution >= 4 is 11.9 Å². The summed E-state index contributed by atoms with van der Waals surface area (Å²) in [4.78, 5) is 18.2. The van der Waals surface area contributed by atoms with E-state index in [-0.39, 0.29) is 0 Å². The molecule has 0 heterocycles. The van der Waals surface area contributed by atoms with Gasteiger partial charge in [0.1, 0.15) is 12.4 Å². The van der Waals surface area contributed by atoms with E-state index in [0.717, 1.165) is 31.9 Å². The minimum Gasteiger partial charge on any atom is -0.492 e. The van der Waals surface area contributed by atoms with Gasteiger partial charge in [0.25, 0.3) is 0 Å². The highest BCUT2D eigenvalue weighted by molar-refractivity contribution is 6.27. The van der Waals surface area contributed by atoms with Crippen LogP contribution in [0.3, 0.4) is 0 Å². The Morgan fingerprint density at radius 3 is 2.24 bits per heavy atom. The zero-order valence-corrected chi connectivity index (χ0v) is 15.4. The molecule has 0 saturated carbocycles. The van der Waals surface area contributed by atoms with Gasteiger partial charge < -0.3 is 25.0 Å². The summed E-state index contributed by atoms with van der Waals surface area (Å²) >= 11 is 0. The van der Waals surface area contributed by atoms with Crippen molar-refractivity contribution in [3.63, 3.8) is 0 Å². The van der Waals surface area contributed by atoms with Crippen molar-refractivity contribution in [1.82, 2.24) is 5.32 Å². The molecular weight excluding hydrogens is 326 g/mol. The normalized spacial score (nSPS) is 10.1. The SMILES string of the molecule is COCCCNCCOc1cc(C)cc(C(C)C)c1.O=C(O)C(=O)O. The van der Waals surface area contributed by atoms with E-state index < -0.39 is 11.9 Å². The van der Waals surface area contributed by atoms with Gasteiger partial charge in [-0.15, -0.1) is 0 Å². The van der Waals surface area contributed by atoms with Crippen molar-refractivity contribution in [2.75, 3.05) is 33.4 Å². The van der Waals surface area contributed by atoms with Crippen LogP contribution >= 0.6 is 0 Å². The third-order valence-corrected chi connectivity index (χ3v) is 3.17. The van der Waals surface area contributed by atoms with E-state index >= 15 is 0 Å². The zero-order chi connectivity index (χ0) is 19.2. The maximum Gasteiger partial charge on any atom is 0.414 e. The Bertz CT molecular complexity index is 518. The number of methoxy groups -OCH3 is 1. The molecule has 1 aromatic rings. The first kappa shape index (κ1) is 22.9. The van der Waals surface area contributed by atoms with E-state index in [0.29, 0.717) is 12.5 Å². The van der Waals surface area contributed by atoms with Crippen molar-refractivity contribution in [2.45, 2.75) is 33.1 Å². The van der Waals surface area contributed by atoms with Crippen LogP contribution in [0.2, 0.25) is 0 Å². The highest BCUT2D eigenvalue weighted by atomic mass is 16.5. The predicted molar refractivity (Wildman–Crippen MR) is 95.4 cm³/mol. The van der Waals surface area contributed by atoms with Gasteiger partial charge in [0.2, 0.25) is 0 Å². The van der Waals surface area contributed by atoms with Crippen LogP contribution < -0.4 is 10.1 Å². The average molecular weight is 355 g/mol. The molecule has 0 aromatic heterocycles. The highest BCUT2D eigenvalue weighted by Crippen LogP contribution is 2.22. The standard InChI is InChI=1S/C16H27NO2.C2H2O4/c1-13(2)15-10-14(3)11-16(12-15)19-9-7-17-6-5-8-18-4;3-1(4)2(5)6/h10-13,17H,5-9H2,1-4H3;(H,3,4)(H,5,6). The number of benzene rings is 1. The van der Waals surface area contributed by atoms with Crippen molar-refractivity contribution in [2.24, 2.45) is 0 Å². The fourth-order valence-electron chi connectivity index (χ4n) is 1.90. The van der Waals surface area contributed by atoms with E-state index in [1.165, 1.54) is 11.1 Å². The molecule has 0 radical (unpaired) electrons. The molecule has 7 heteroatoms. The molecule has 7 nitrogen and oxygen atoms in total. The smallest absolute Gasteiger partial charge is 0.414 e. The van der Waals surface area contributed by atoms with Crippen LogP contribution in [0.4, 0.5) is 0 Å². The predicted octanol–water partition coefficient (Wildman–Crippen LogP) is 2.28. The first-order valence-corrected chi connectivity index (χ1v) is 8.18. The Morgan fingerprint density at radius 1 is 1.08 bits per heavy atom. The Kier molecular flexibility index (Phi) is 12.1. The maximum absolute atomic E-state index is 9.10. The van der Waals surface area contributed by atoms with Crippen LogP contribution in [-0.2, 0) is 14.3 Å². The van der Waals surface area contributed by atoms with E-state index in [4.69, 9.17) is 29.3 Å². The van der Waals surface area contributed by atoms with Gasteiger partial charge in [-0.05, 0) is 49.1 Å². The number of carboxylic acid groups (broad SMARTS) is 2. The Morgan fingerprint density at radius 2 is 1.72 bits per heavy atom. The fourth-order valence-corrected chi connectivity index (χ4v) is 1.90. The van der Waals surface area contributed by atoms with Crippen LogP contribution in [0, 0.1) is 6.92 Å². The average Bonchev–Trinajstić information content (AvgIpc) is 2.54. The molecule has 1 rings (SSSR count). The molecule has 0 saturated heterocycles. The lowest BCUT2D eigenvalue weighted by Crippen LogP contribution is -2.22. The van der Waals surface area contributed by atoms with E-state index in [1.54, 1.807) is 7.11 Å². The molecule has 25 heavy (non-hydrogen) atoms. The second-order valence-corrected chi connectivity index (χ2v) is 5.79. The second kappa shape index (κ2) is 13.2. The molecular formula is C18H29NO6. The number of hydrogen-bond donors (Lipinski definition) is 3. The van der Waals surface area contributed by atoms with Crippen LogP contribution in [-0.4, -0.2) is 55.6 Å². The van der Waals surface area contributed by atoms with E-state index in [9.17, 15) is 0 Å². The summed E-state index contributed by atoms with van der Waals surface area (Å²) in [5.74, 6) is -2.14. The van der Waals surface area contributed by atoms with Gasteiger partial charge in [-0.25, -0.2) is 9.59 Å². The van der Waals surface area contributed by atoms with Gasteiger partial charge in [0, 0.05) is 20.3 Å². The fraction of sp³-hybridized carbons (Fsp3) is 0.556. The molecule has 0 fully saturated rings. The molecule has 142 valence electrons. The van der Waals surface area contributed by atoms with Gasteiger partial charge >= 0.3 is 11.9 Å². The lowest BCUT2D eigenvalue weighted by atomic mass is 10.0. The summed E-state index contributed by atoms with van der Waals surface area (Å²) in [5.41, 5.74) is 2.59. The lowest BCUT2D eigenvalue weighted by molar-refractivity contribution is -0.159. The molecule has 0 bridgehead atoms. The minimum absolute atomic E-state index is 0.536. The molecule has 0 aliphatic rings. The lowest BCUT2D eigenvalue weighted by Gasteiger charge is -2.12. The Hall–Kier alpha value is -2.12. The Balaban J connectivity index is 0.000000823. The van der Waals surface area contributed by atoms with Gasteiger partial charge in [0.15, 0.2) is 0 Å². The van der Waals surface area contributed by atoms with Gasteiger partial charge in [0.05, 0.1) is 0 Å². The van der Waals surface area contributed by atoms with Gasteiger partial charge in [-0.1, -0.05) is 19.9 Å². The molecule has 0 atom stereocenters. The summed E-state index contributed by atoms with van der Waals surface area (Å²) in [7, 11) is 1.73. The van der Waals surface area contributed by atoms with Crippen LogP contribution in [0.1, 0.15) is 37.3 Å². The molecule has 0 spiro atoms. The number of aryl methyl sites for hydroxylation is 1. The number of ether oxygens (including phenoxy) is 2. The van der Waals surface area contributed by atoms with Crippen molar-refractivity contribution in [3.8, 4) is 5.75 Å². The molecule has 0 aliphatic heterocycles. The molecule has 0 amide bonds. The van der Waals surface area contributed by atoms with Crippen LogP contribution in [0.25, 0.3) is 0 Å². The summed E-state index contributed by atoms with van der Waals surface area (Å²) in [6.07, 6.45) is 1.04. The summed E-state index contributed by atoms with van der Waals surface area (Å²) in [6.45, 7) is 9.88. The Labute approximate surface area is 149 Å². The molecule has 1 aromatic carbocycles. The highest BCUT2D eigenvalue weighted by Gasteiger charge is 2.04. The largest absolute Gasteiger partial charge is 0.492 e. The summed E-state index contributed by atoms with van der Waals surface area (Å²) in [5, 5.41) is 18.1. The number of rotatable bonds is 9. The number of carbonyl (C=O) groups is 2. The zero-order valence-electron chi connectivity index (χ0n) is 15.4. The topological polar surface area (TPSA) is 105 Å². The number of nitrogens with one attached hydrogen (secondary N) is 1. The van der Waals surface area contributed by atoms with E-state index in [2.05, 4.69) is 44.3 Å². The van der Waals surface area contributed by atoms with Crippen molar-refractivity contribution in [3.05, 3.63) is 29.3 Å². The maximum atomic E-state index is 9.10. The summed E-state index contributed by atoms with van der Waals surface area (Å²) in [6, 6.07) is 6.46. The molecule has 3 N–H and O–H groups in total. The molecule has 0 unspecified atom stereocenters. The quantitative estimate of drug-likeness (QED) is 0.461. The second-order valence-electron chi connectivity index (χ2n) is 5.79. The number of aliphatic carboxylic acids is 2. The minimum atomic E-state index is -1.82. The van der Waals surface area contributed by atoms with Crippen LogP contribution in [0.5, 0.6) is 5.75 Å². The third-order valence-electron chi connectivity index (χ3n) is 3.17. The van der Waals surface area contributed by atoms with E-state index in [1.807, 2.05) is 0 Å². The van der Waals surface area contributed by atoms with Crippen molar-refractivity contribution < 1.29 is 29.3 Å². The first-order chi connectivity index (χ1) is 11.8. The monoisotopic (exact) mass is 355 g/mol. The van der Waals surface area contributed by atoms with Gasteiger partial charge in [-0.2, -0.15) is 0 Å². The van der Waals surface area contributed by atoms with Gasteiger partial charge in [-0.3, -0.25) is 0 Å². The molecule has 0 aliphatic carbocycles. The number of hydrogen-bond acceptors (Lipinski definition) is 5. The summed E-state index contributed by atoms with van der Waals surface area (Å²) < 4.78 is 10.8. The van der Waals surface area contributed by atoms with Crippen LogP contribution in [0.15, 0.2) is 18.2 Å². The number of carboxylic acids is 2. The first-order valence-electron chi connectivity index (χ1n) is 8.18. The van der Waals surface area contributed by atoms with Crippen molar-refractivity contribution in [1.29, 1.82) is 0 Å².